The summed E-state index contributed by atoms with van der Waals surface area (Å²) < 4.78 is 26.0. The Balaban J connectivity index is 2.25. The zero-order valence-electron chi connectivity index (χ0n) is 9.29. The van der Waals surface area contributed by atoms with Gasteiger partial charge in [-0.25, -0.2) is 8.78 Å². The van der Waals surface area contributed by atoms with Crippen molar-refractivity contribution in [3.05, 3.63) is 70.2 Å². The SMILES string of the molecule is O=C(Cc1ccccc1Cl)c1cc(F)cc(F)c1. The van der Waals surface area contributed by atoms with Crippen molar-refractivity contribution in [2.45, 2.75) is 6.42 Å². The van der Waals surface area contributed by atoms with Gasteiger partial charge in [-0.15, -0.1) is 0 Å². The zero-order chi connectivity index (χ0) is 13.1. The van der Waals surface area contributed by atoms with Gasteiger partial charge in [0.25, 0.3) is 0 Å². The van der Waals surface area contributed by atoms with E-state index in [1.54, 1.807) is 24.3 Å². The summed E-state index contributed by atoms with van der Waals surface area (Å²) >= 11 is 5.92. The molecule has 2 aromatic carbocycles. The number of ketones is 1. The fourth-order valence-electron chi connectivity index (χ4n) is 1.63. The van der Waals surface area contributed by atoms with Crippen molar-refractivity contribution in [1.29, 1.82) is 0 Å². The van der Waals surface area contributed by atoms with Crippen LogP contribution in [0.4, 0.5) is 8.78 Å². The Hall–Kier alpha value is -1.74. The number of hydrogen-bond acceptors (Lipinski definition) is 1. The molecule has 0 heterocycles. The van der Waals surface area contributed by atoms with Crippen LogP contribution in [0.15, 0.2) is 42.5 Å². The van der Waals surface area contributed by atoms with E-state index in [1.807, 2.05) is 0 Å². The molecule has 0 bridgehead atoms. The molecule has 2 rings (SSSR count). The number of carbonyl (C=O) groups is 1. The highest BCUT2D eigenvalue weighted by molar-refractivity contribution is 6.31. The largest absolute Gasteiger partial charge is 0.294 e. The number of benzene rings is 2. The van der Waals surface area contributed by atoms with Crippen LogP contribution in [0.1, 0.15) is 15.9 Å². The highest BCUT2D eigenvalue weighted by Gasteiger charge is 2.11. The number of carbonyl (C=O) groups excluding carboxylic acids is 1. The molecular weight excluding hydrogens is 258 g/mol. The van der Waals surface area contributed by atoms with Crippen LogP contribution in [0, 0.1) is 11.6 Å². The molecule has 18 heavy (non-hydrogen) atoms. The Morgan fingerprint density at radius 3 is 2.28 bits per heavy atom. The van der Waals surface area contributed by atoms with Gasteiger partial charge >= 0.3 is 0 Å². The molecule has 2 aromatic rings. The van der Waals surface area contributed by atoms with E-state index < -0.39 is 11.6 Å². The number of halogens is 3. The quantitative estimate of drug-likeness (QED) is 0.766. The molecule has 0 aliphatic rings. The van der Waals surface area contributed by atoms with Gasteiger partial charge in [-0.3, -0.25) is 4.79 Å². The third kappa shape index (κ3) is 2.93. The fraction of sp³-hybridized carbons (Fsp3) is 0.0714. The number of hydrogen-bond donors (Lipinski definition) is 0. The molecule has 0 atom stereocenters. The van der Waals surface area contributed by atoms with Crippen molar-refractivity contribution < 1.29 is 13.6 Å². The van der Waals surface area contributed by atoms with Crippen LogP contribution in [-0.4, -0.2) is 5.78 Å². The molecule has 0 saturated heterocycles. The van der Waals surface area contributed by atoms with Gasteiger partial charge < -0.3 is 0 Å². The second kappa shape index (κ2) is 5.27. The second-order valence-electron chi connectivity index (χ2n) is 3.85. The molecule has 0 radical (unpaired) electrons. The second-order valence-corrected chi connectivity index (χ2v) is 4.26. The van der Waals surface area contributed by atoms with Crippen molar-refractivity contribution in [3.8, 4) is 0 Å². The van der Waals surface area contributed by atoms with Crippen LogP contribution in [0.3, 0.4) is 0 Å². The first-order chi connectivity index (χ1) is 8.56. The smallest absolute Gasteiger partial charge is 0.167 e. The number of Topliss-reactive ketones (excluding diaryl/α,β-unsaturated/α-hetero) is 1. The van der Waals surface area contributed by atoms with E-state index in [-0.39, 0.29) is 17.8 Å². The lowest BCUT2D eigenvalue weighted by Gasteiger charge is -2.04. The monoisotopic (exact) mass is 266 g/mol. The predicted molar refractivity (Wildman–Crippen MR) is 65.8 cm³/mol. The van der Waals surface area contributed by atoms with Crippen LogP contribution >= 0.6 is 11.6 Å². The minimum Gasteiger partial charge on any atom is -0.294 e. The highest BCUT2D eigenvalue weighted by atomic mass is 35.5. The van der Waals surface area contributed by atoms with Crippen molar-refractivity contribution in [1.82, 2.24) is 0 Å². The normalized spacial score (nSPS) is 10.4. The van der Waals surface area contributed by atoms with E-state index in [9.17, 15) is 13.6 Å². The Bertz CT molecular complexity index is 576. The average Bonchev–Trinajstić information content (AvgIpc) is 2.31. The van der Waals surface area contributed by atoms with Crippen molar-refractivity contribution in [2.24, 2.45) is 0 Å². The van der Waals surface area contributed by atoms with Gasteiger partial charge in [-0.05, 0) is 23.8 Å². The summed E-state index contributed by atoms with van der Waals surface area (Å²) in [6.07, 6.45) is 0.0164. The third-order valence-corrected chi connectivity index (χ3v) is 2.86. The van der Waals surface area contributed by atoms with Crippen molar-refractivity contribution in [3.63, 3.8) is 0 Å². The summed E-state index contributed by atoms with van der Waals surface area (Å²) in [5.41, 5.74) is 0.640. The van der Waals surface area contributed by atoms with Gasteiger partial charge in [0.05, 0.1) is 0 Å². The minimum atomic E-state index is -0.766. The molecule has 0 fully saturated rings. The summed E-state index contributed by atoms with van der Waals surface area (Å²) in [5.74, 6) is -1.91. The van der Waals surface area contributed by atoms with Crippen molar-refractivity contribution in [2.75, 3.05) is 0 Å². The minimum absolute atomic E-state index is 0.00687. The van der Waals surface area contributed by atoms with E-state index in [2.05, 4.69) is 0 Å². The molecule has 0 aliphatic carbocycles. The maximum atomic E-state index is 13.0. The van der Waals surface area contributed by atoms with Gasteiger partial charge in [0.15, 0.2) is 5.78 Å². The molecule has 0 aliphatic heterocycles. The van der Waals surface area contributed by atoms with Gasteiger partial charge in [0.1, 0.15) is 11.6 Å². The highest BCUT2D eigenvalue weighted by Crippen LogP contribution is 2.18. The molecule has 0 amide bonds. The summed E-state index contributed by atoms with van der Waals surface area (Å²) in [4.78, 5) is 11.9. The van der Waals surface area contributed by atoms with Crippen LogP contribution in [-0.2, 0) is 6.42 Å². The predicted octanol–water partition coefficient (Wildman–Crippen LogP) is 4.04. The molecule has 92 valence electrons. The summed E-state index contributed by atoms with van der Waals surface area (Å²) in [6, 6.07) is 9.63. The van der Waals surface area contributed by atoms with E-state index in [0.717, 1.165) is 18.2 Å². The first kappa shape index (κ1) is 12.7. The third-order valence-electron chi connectivity index (χ3n) is 2.49. The Morgan fingerprint density at radius 2 is 1.67 bits per heavy atom. The summed E-state index contributed by atoms with van der Waals surface area (Å²) in [5, 5.41) is 0.461. The van der Waals surface area contributed by atoms with Gasteiger partial charge in [0.2, 0.25) is 0 Å². The topological polar surface area (TPSA) is 17.1 Å². The van der Waals surface area contributed by atoms with Crippen LogP contribution in [0.5, 0.6) is 0 Å². The van der Waals surface area contributed by atoms with E-state index in [4.69, 9.17) is 11.6 Å². The van der Waals surface area contributed by atoms with Crippen molar-refractivity contribution >= 4 is 17.4 Å². The van der Waals surface area contributed by atoms with Crippen LogP contribution in [0.2, 0.25) is 5.02 Å². The molecule has 0 unspecified atom stereocenters. The maximum Gasteiger partial charge on any atom is 0.167 e. The molecule has 1 nitrogen and oxygen atoms in total. The molecular formula is C14H9ClF2O. The Labute approximate surface area is 108 Å². The lowest BCUT2D eigenvalue weighted by molar-refractivity contribution is 0.0992. The van der Waals surface area contributed by atoms with Gasteiger partial charge in [0, 0.05) is 23.1 Å². The summed E-state index contributed by atoms with van der Waals surface area (Å²) in [6.45, 7) is 0. The van der Waals surface area contributed by atoms with E-state index >= 15 is 0 Å². The van der Waals surface area contributed by atoms with E-state index in [0.29, 0.717) is 10.6 Å². The zero-order valence-corrected chi connectivity index (χ0v) is 10.0. The van der Waals surface area contributed by atoms with Gasteiger partial charge in [-0.1, -0.05) is 29.8 Å². The Morgan fingerprint density at radius 1 is 1.06 bits per heavy atom. The van der Waals surface area contributed by atoms with Crippen LogP contribution in [0.25, 0.3) is 0 Å². The lowest BCUT2D eigenvalue weighted by atomic mass is 10.0. The number of rotatable bonds is 3. The fourth-order valence-corrected chi connectivity index (χ4v) is 1.83. The van der Waals surface area contributed by atoms with Gasteiger partial charge in [-0.2, -0.15) is 0 Å². The van der Waals surface area contributed by atoms with Crippen LogP contribution < -0.4 is 0 Å². The lowest BCUT2D eigenvalue weighted by Crippen LogP contribution is -2.05. The molecule has 4 heteroatoms. The molecule has 0 N–H and O–H groups in total. The standard InChI is InChI=1S/C14H9ClF2O/c15-13-4-2-1-3-9(13)7-14(18)10-5-11(16)8-12(17)6-10/h1-6,8H,7H2. The first-order valence-electron chi connectivity index (χ1n) is 5.29. The molecule has 0 saturated carbocycles. The molecule has 0 aromatic heterocycles. The summed E-state index contributed by atoms with van der Waals surface area (Å²) in [7, 11) is 0. The first-order valence-corrected chi connectivity index (χ1v) is 5.67. The maximum absolute atomic E-state index is 13.0. The van der Waals surface area contributed by atoms with E-state index in [1.165, 1.54) is 0 Å². The Kier molecular flexibility index (Phi) is 3.72. The molecule has 0 spiro atoms. The average molecular weight is 267 g/mol.